The highest BCUT2D eigenvalue weighted by molar-refractivity contribution is 5.88. The van der Waals surface area contributed by atoms with Crippen LogP contribution in [-0.4, -0.2) is 11.8 Å². The smallest absolute Gasteiger partial charge is 0.148 e. The van der Waals surface area contributed by atoms with Crippen molar-refractivity contribution in [2.75, 3.05) is 0 Å². The highest BCUT2D eigenvalue weighted by Gasteiger charge is 2.45. The van der Waals surface area contributed by atoms with Crippen molar-refractivity contribution in [2.45, 2.75) is 32.8 Å². The number of hydrogen-bond acceptors (Lipinski definition) is 2. The number of benzene rings is 2. The molecule has 0 aliphatic carbocycles. The molecule has 1 atom stereocenters. The van der Waals surface area contributed by atoms with Crippen molar-refractivity contribution >= 4 is 5.71 Å². The second-order valence-electron chi connectivity index (χ2n) is 6.22. The number of nitrogens with zero attached hydrogens (tertiary/aromatic N) is 1. The summed E-state index contributed by atoms with van der Waals surface area (Å²) in [6, 6.07) is 21.1. The summed E-state index contributed by atoms with van der Waals surface area (Å²) in [7, 11) is 0. The summed E-state index contributed by atoms with van der Waals surface area (Å²) in [5.41, 5.74) is 3.53. The molecule has 0 bridgehead atoms. The lowest BCUT2D eigenvalue weighted by Gasteiger charge is -2.32. The molecule has 0 saturated heterocycles. The molecule has 1 aliphatic heterocycles. The molecule has 108 valence electrons. The summed E-state index contributed by atoms with van der Waals surface area (Å²) in [4.78, 5) is 5.84. The lowest BCUT2D eigenvalue weighted by atomic mass is 9.72. The topological polar surface area (TPSA) is 21.6 Å². The van der Waals surface area contributed by atoms with Crippen LogP contribution < -0.4 is 0 Å². The zero-order valence-electron chi connectivity index (χ0n) is 12.8. The molecule has 21 heavy (non-hydrogen) atoms. The van der Waals surface area contributed by atoms with E-state index in [2.05, 4.69) is 67.5 Å². The van der Waals surface area contributed by atoms with Crippen molar-refractivity contribution in [1.29, 1.82) is 0 Å². The molecule has 0 aromatic heterocycles. The van der Waals surface area contributed by atoms with E-state index in [0.29, 0.717) is 0 Å². The van der Waals surface area contributed by atoms with Crippen molar-refractivity contribution in [3.63, 3.8) is 0 Å². The van der Waals surface area contributed by atoms with Gasteiger partial charge in [-0.1, -0.05) is 79.7 Å². The Balaban J connectivity index is 2.07. The van der Waals surface area contributed by atoms with Crippen molar-refractivity contribution < 1.29 is 4.84 Å². The van der Waals surface area contributed by atoms with Crippen LogP contribution in [0.5, 0.6) is 0 Å². The SMILES string of the molecule is CC1=NOC(C(c2ccccc2)c2ccccc2)C1(C)C. The third-order valence-electron chi connectivity index (χ3n) is 4.57. The quantitative estimate of drug-likeness (QED) is 0.803. The second-order valence-corrected chi connectivity index (χ2v) is 6.22. The van der Waals surface area contributed by atoms with Crippen LogP contribution in [0.3, 0.4) is 0 Å². The van der Waals surface area contributed by atoms with Gasteiger partial charge < -0.3 is 4.84 Å². The Morgan fingerprint density at radius 1 is 0.905 bits per heavy atom. The first-order valence-corrected chi connectivity index (χ1v) is 7.41. The molecular weight excluding hydrogens is 258 g/mol. The van der Waals surface area contributed by atoms with E-state index >= 15 is 0 Å². The predicted octanol–water partition coefficient (Wildman–Crippen LogP) is 4.62. The molecule has 3 rings (SSSR count). The maximum atomic E-state index is 5.84. The van der Waals surface area contributed by atoms with E-state index in [9.17, 15) is 0 Å². The van der Waals surface area contributed by atoms with Gasteiger partial charge in [0, 0.05) is 11.3 Å². The van der Waals surface area contributed by atoms with Crippen molar-refractivity contribution in [2.24, 2.45) is 10.6 Å². The van der Waals surface area contributed by atoms with E-state index in [-0.39, 0.29) is 17.4 Å². The van der Waals surface area contributed by atoms with E-state index < -0.39 is 0 Å². The van der Waals surface area contributed by atoms with Crippen LogP contribution in [0.25, 0.3) is 0 Å². The van der Waals surface area contributed by atoms with Gasteiger partial charge in [0.25, 0.3) is 0 Å². The van der Waals surface area contributed by atoms with Crippen LogP contribution in [-0.2, 0) is 4.84 Å². The van der Waals surface area contributed by atoms with Crippen LogP contribution in [0.4, 0.5) is 0 Å². The third-order valence-corrected chi connectivity index (χ3v) is 4.57. The van der Waals surface area contributed by atoms with Crippen molar-refractivity contribution in [3.05, 3.63) is 71.8 Å². The second kappa shape index (κ2) is 5.36. The van der Waals surface area contributed by atoms with Gasteiger partial charge in [-0.2, -0.15) is 0 Å². The van der Waals surface area contributed by atoms with E-state index in [4.69, 9.17) is 4.84 Å². The van der Waals surface area contributed by atoms with Crippen molar-refractivity contribution in [1.82, 2.24) is 0 Å². The molecule has 1 aliphatic rings. The first-order chi connectivity index (χ1) is 10.1. The molecular formula is C19H21NO. The van der Waals surface area contributed by atoms with Crippen LogP contribution in [0.1, 0.15) is 37.8 Å². The number of oxime groups is 1. The Morgan fingerprint density at radius 2 is 1.38 bits per heavy atom. The minimum Gasteiger partial charge on any atom is -0.391 e. The first kappa shape index (κ1) is 13.9. The molecule has 0 radical (unpaired) electrons. The van der Waals surface area contributed by atoms with Gasteiger partial charge in [0.15, 0.2) is 0 Å². The van der Waals surface area contributed by atoms with E-state index in [1.165, 1.54) is 11.1 Å². The average molecular weight is 279 g/mol. The zero-order valence-corrected chi connectivity index (χ0v) is 12.8. The third kappa shape index (κ3) is 2.46. The molecule has 0 saturated carbocycles. The molecule has 2 heteroatoms. The van der Waals surface area contributed by atoms with Gasteiger partial charge in [0.2, 0.25) is 0 Å². The summed E-state index contributed by atoms with van der Waals surface area (Å²) in [6.07, 6.45) is 0.0160. The Hall–Kier alpha value is -2.09. The fourth-order valence-electron chi connectivity index (χ4n) is 2.93. The lowest BCUT2D eigenvalue weighted by molar-refractivity contribution is 0.0247. The van der Waals surface area contributed by atoms with Gasteiger partial charge in [0.1, 0.15) is 6.10 Å². The van der Waals surface area contributed by atoms with E-state index in [0.717, 1.165) is 5.71 Å². The maximum absolute atomic E-state index is 5.84. The fourth-order valence-corrected chi connectivity index (χ4v) is 2.93. The van der Waals surface area contributed by atoms with Gasteiger partial charge in [-0.25, -0.2) is 0 Å². The molecule has 0 N–H and O–H groups in total. The van der Waals surface area contributed by atoms with E-state index in [1.54, 1.807) is 0 Å². The molecule has 0 fully saturated rings. The van der Waals surface area contributed by atoms with Crippen LogP contribution in [0, 0.1) is 5.41 Å². The highest BCUT2D eigenvalue weighted by Crippen LogP contribution is 2.43. The number of hydrogen-bond donors (Lipinski definition) is 0. The van der Waals surface area contributed by atoms with Gasteiger partial charge in [-0.05, 0) is 18.1 Å². The summed E-state index contributed by atoms with van der Waals surface area (Å²) in [6.45, 7) is 6.47. The summed E-state index contributed by atoms with van der Waals surface area (Å²) >= 11 is 0. The minimum atomic E-state index is -0.0731. The first-order valence-electron chi connectivity index (χ1n) is 7.41. The highest BCUT2D eigenvalue weighted by atomic mass is 16.6. The molecule has 1 unspecified atom stereocenters. The minimum absolute atomic E-state index is 0.0160. The Kier molecular flexibility index (Phi) is 3.54. The maximum Gasteiger partial charge on any atom is 0.148 e. The van der Waals surface area contributed by atoms with Crippen LogP contribution in [0.2, 0.25) is 0 Å². The molecule has 2 nitrogen and oxygen atoms in total. The molecule has 2 aromatic rings. The van der Waals surface area contributed by atoms with Crippen LogP contribution >= 0.6 is 0 Å². The average Bonchev–Trinajstić information content (AvgIpc) is 2.77. The largest absolute Gasteiger partial charge is 0.391 e. The summed E-state index contributed by atoms with van der Waals surface area (Å²) in [5, 5.41) is 4.26. The Bertz CT molecular complexity index is 592. The molecule has 0 spiro atoms. The zero-order chi connectivity index (χ0) is 14.9. The molecule has 0 amide bonds. The molecule has 2 aromatic carbocycles. The molecule has 1 heterocycles. The monoisotopic (exact) mass is 279 g/mol. The normalized spacial score (nSPS) is 20.2. The lowest BCUT2D eigenvalue weighted by Crippen LogP contribution is -2.36. The fraction of sp³-hybridized carbons (Fsp3) is 0.316. The van der Waals surface area contributed by atoms with Gasteiger partial charge in [0.05, 0.1) is 5.71 Å². The Morgan fingerprint density at radius 3 is 1.76 bits per heavy atom. The standard InChI is InChI=1S/C19H21NO/c1-14-19(2,3)18(21-20-14)17(15-10-6-4-7-11-15)16-12-8-5-9-13-16/h4-13,17-18H,1-3H3. The van der Waals surface area contributed by atoms with Crippen LogP contribution in [0.15, 0.2) is 65.8 Å². The number of rotatable bonds is 3. The van der Waals surface area contributed by atoms with E-state index in [1.807, 2.05) is 19.1 Å². The predicted molar refractivity (Wildman–Crippen MR) is 86.5 cm³/mol. The Labute approximate surface area is 126 Å². The van der Waals surface area contributed by atoms with Gasteiger partial charge in [-0.15, -0.1) is 0 Å². The summed E-state index contributed by atoms with van der Waals surface area (Å²) in [5.74, 6) is 0.184. The van der Waals surface area contributed by atoms with Gasteiger partial charge >= 0.3 is 0 Å². The summed E-state index contributed by atoms with van der Waals surface area (Å²) < 4.78 is 0. The van der Waals surface area contributed by atoms with Crippen molar-refractivity contribution in [3.8, 4) is 0 Å². The van der Waals surface area contributed by atoms with Gasteiger partial charge in [-0.3, -0.25) is 0 Å².